The summed E-state index contributed by atoms with van der Waals surface area (Å²) in [6.45, 7) is 2.89. The SMILES string of the molecule is CCCCN(C)c1cc(C(=O)Nc2cccc(C(F)(F)F)c2)ccn1. The number of carbonyl (C=O) groups is 1. The molecule has 1 amide bonds. The number of hydrogen-bond donors (Lipinski definition) is 1. The number of nitrogens with zero attached hydrogens (tertiary/aromatic N) is 2. The molecule has 0 bridgehead atoms. The van der Waals surface area contributed by atoms with Crippen LogP contribution >= 0.6 is 0 Å². The summed E-state index contributed by atoms with van der Waals surface area (Å²) in [4.78, 5) is 18.5. The van der Waals surface area contributed by atoms with Crippen LogP contribution in [0, 0.1) is 0 Å². The summed E-state index contributed by atoms with van der Waals surface area (Å²) in [6, 6.07) is 7.70. The van der Waals surface area contributed by atoms with Gasteiger partial charge in [-0.05, 0) is 36.8 Å². The Hall–Kier alpha value is -2.57. The molecular weight excluding hydrogens is 331 g/mol. The van der Waals surface area contributed by atoms with Gasteiger partial charge in [-0.3, -0.25) is 4.79 Å². The van der Waals surface area contributed by atoms with E-state index in [0.29, 0.717) is 11.4 Å². The molecular formula is C18H20F3N3O. The summed E-state index contributed by atoms with van der Waals surface area (Å²) in [5, 5.41) is 2.49. The number of pyridine rings is 1. The Morgan fingerprint density at radius 3 is 2.68 bits per heavy atom. The molecule has 4 nitrogen and oxygen atoms in total. The van der Waals surface area contributed by atoms with Crippen LogP contribution in [0.25, 0.3) is 0 Å². The number of aromatic nitrogens is 1. The van der Waals surface area contributed by atoms with Gasteiger partial charge in [-0.15, -0.1) is 0 Å². The van der Waals surface area contributed by atoms with E-state index in [1.54, 1.807) is 6.07 Å². The van der Waals surface area contributed by atoms with E-state index in [9.17, 15) is 18.0 Å². The minimum absolute atomic E-state index is 0.0949. The third-order valence-corrected chi connectivity index (χ3v) is 3.69. The molecule has 0 unspecified atom stereocenters. The van der Waals surface area contributed by atoms with Crippen molar-refractivity contribution in [3.63, 3.8) is 0 Å². The molecule has 25 heavy (non-hydrogen) atoms. The summed E-state index contributed by atoms with van der Waals surface area (Å²) in [5.41, 5.74) is -0.372. The highest BCUT2D eigenvalue weighted by Gasteiger charge is 2.30. The maximum absolute atomic E-state index is 12.7. The van der Waals surface area contributed by atoms with Crippen molar-refractivity contribution < 1.29 is 18.0 Å². The Morgan fingerprint density at radius 1 is 1.24 bits per heavy atom. The average Bonchev–Trinajstić information content (AvgIpc) is 2.59. The lowest BCUT2D eigenvalue weighted by molar-refractivity contribution is -0.137. The number of amides is 1. The lowest BCUT2D eigenvalue weighted by Crippen LogP contribution is -2.20. The van der Waals surface area contributed by atoms with Gasteiger partial charge in [0.2, 0.25) is 0 Å². The van der Waals surface area contributed by atoms with E-state index in [-0.39, 0.29) is 5.69 Å². The van der Waals surface area contributed by atoms with Gasteiger partial charge in [0.1, 0.15) is 5.82 Å². The van der Waals surface area contributed by atoms with Gasteiger partial charge in [-0.25, -0.2) is 4.98 Å². The predicted octanol–water partition coefficient (Wildman–Crippen LogP) is 4.59. The van der Waals surface area contributed by atoms with Crippen molar-refractivity contribution in [3.8, 4) is 0 Å². The third kappa shape index (κ3) is 5.20. The summed E-state index contributed by atoms with van der Waals surface area (Å²) in [7, 11) is 1.88. The second kappa shape index (κ2) is 8.00. The van der Waals surface area contributed by atoms with Gasteiger partial charge in [-0.1, -0.05) is 19.4 Å². The third-order valence-electron chi connectivity index (χ3n) is 3.69. The van der Waals surface area contributed by atoms with E-state index in [1.807, 2.05) is 11.9 Å². The molecule has 0 saturated heterocycles. The number of carbonyl (C=O) groups excluding carboxylic acids is 1. The first kappa shape index (κ1) is 18.8. The number of anilines is 2. The standard InChI is InChI=1S/C18H20F3N3O/c1-3-4-10-24(2)16-11-13(8-9-22-16)17(25)23-15-7-5-6-14(12-15)18(19,20)21/h5-9,11-12H,3-4,10H2,1-2H3,(H,23,25). The first-order valence-electron chi connectivity index (χ1n) is 7.97. The van der Waals surface area contributed by atoms with Gasteiger partial charge >= 0.3 is 6.18 Å². The molecule has 0 aliphatic heterocycles. The lowest BCUT2D eigenvalue weighted by Gasteiger charge is -2.18. The molecule has 1 aromatic heterocycles. The minimum Gasteiger partial charge on any atom is -0.360 e. The first-order chi connectivity index (χ1) is 11.8. The zero-order valence-corrected chi connectivity index (χ0v) is 14.1. The highest BCUT2D eigenvalue weighted by molar-refractivity contribution is 6.04. The number of unbranched alkanes of at least 4 members (excludes halogenated alkanes) is 1. The fourth-order valence-corrected chi connectivity index (χ4v) is 2.25. The number of benzene rings is 1. The summed E-state index contributed by atoms with van der Waals surface area (Å²) >= 11 is 0. The Bertz CT molecular complexity index is 732. The fourth-order valence-electron chi connectivity index (χ4n) is 2.25. The van der Waals surface area contributed by atoms with Crippen LogP contribution in [-0.4, -0.2) is 24.5 Å². The summed E-state index contributed by atoms with van der Waals surface area (Å²) < 4.78 is 38.2. The van der Waals surface area contributed by atoms with Crippen molar-refractivity contribution in [2.45, 2.75) is 25.9 Å². The van der Waals surface area contributed by atoms with Crippen LogP contribution in [0.5, 0.6) is 0 Å². The van der Waals surface area contributed by atoms with Crippen molar-refractivity contribution in [2.24, 2.45) is 0 Å². The monoisotopic (exact) mass is 351 g/mol. The molecule has 2 aromatic rings. The number of nitrogens with one attached hydrogen (secondary N) is 1. The van der Waals surface area contributed by atoms with Crippen LogP contribution in [0.1, 0.15) is 35.7 Å². The first-order valence-corrected chi connectivity index (χ1v) is 7.97. The van der Waals surface area contributed by atoms with Gasteiger partial charge in [-0.2, -0.15) is 13.2 Å². The molecule has 2 rings (SSSR count). The molecule has 0 spiro atoms. The molecule has 0 fully saturated rings. The second-order valence-electron chi connectivity index (χ2n) is 5.71. The number of halogens is 3. The predicted molar refractivity (Wildman–Crippen MR) is 91.8 cm³/mol. The number of alkyl halides is 3. The van der Waals surface area contributed by atoms with Crippen LogP contribution < -0.4 is 10.2 Å². The Balaban J connectivity index is 2.13. The molecule has 0 aliphatic carbocycles. The van der Waals surface area contributed by atoms with Crippen molar-refractivity contribution in [1.82, 2.24) is 4.98 Å². The smallest absolute Gasteiger partial charge is 0.360 e. The summed E-state index contributed by atoms with van der Waals surface area (Å²) in [6.07, 6.45) is -0.899. The molecule has 0 saturated carbocycles. The summed E-state index contributed by atoms with van der Waals surface area (Å²) in [5.74, 6) is 0.164. The van der Waals surface area contributed by atoms with E-state index in [0.717, 1.165) is 31.5 Å². The quantitative estimate of drug-likeness (QED) is 0.828. The number of hydrogen-bond acceptors (Lipinski definition) is 3. The molecule has 1 heterocycles. The molecule has 0 atom stereocenters. The maximum Gasteiger partial charge on any atom is 0.416 e. The maximum atomic E-state index is 12.7. The topological polar surface area (TPSA) is 45.2 Å². The van der Waals surface area contributed by atoms with Crippen molar-refractivity contribution in [3.05, 3.63) is 53.7 Å². The van der Waals surface area contributed by atoms with Crippen LogP contribution in [-0.2, 0) is 6.18 Å². The molecule has 0 aliphatic rings. The van der Waals surface area contributed by atoms with E-state index in [2.05, 4.69) is 17.2 Å². The van der Waals surface area contributed by atoms with Crippen LogP contribution in [0.3, 0.4) is 0 Å². The van der Waals surface area contributed by atoms with Gasteiger partial charge in [0, 0.05) is 31.0 Å². The average molecular weight is 351 g/mol. The van der Waals surface area contributed by atoms with Gasteiger partial charge in [0.25, 0.3) is 5.91 Å². The van der Waals surface area contributed by atoms with Crippen molar-refractivity contribution >= 4 is 17.4 Å². The highest BCUT2D eigenvalue weighted by Crippen LogP contribution is 2.30. The van der Waals surface area contributed by atoms with E-state index in [4.69, 9.17) is 0 Å². The minimum atomic E-state index is -4.45. The normalized spacial score (nSPS) is 11.2. The van der Waals surface area contributed by atoms with Gasteiger partial charge < -0.3 is 10.2 Å². The second-order valence-corrected chi connectivity index (χ2v) is 5.71. The largest absolute Gasteiger partial charge is 0.416 e. The molecule has 134 valence electrons. The zero-order chi connectivity index (χ0) is 18.4. The van der Waals surface area contributed by atoms with Gasteiger partial charge in [0.15, 0.2) is 0 Å². The van der Waals surface area contributed by atoms with E-state index < -0.39 is 17.6 Å². The molecule has 1 N–H and O–H groups in total. The highest BCUT2D eigenvalue weighted by atomic mass is 19.4. The molecule has 7 heteroatoms. The van der Waals surface area contributed by atoms with Crippen LogP contribution in [0.4, 0.5) is 24.7 Å². The lowest BCUT2D eigenvalue weighted by atomic mass is 10.2. The Labute approximate surface area is 144 Å². The number of rotatable bonds is 6. The van der Waals surface area contributed by atoms with Gasteiger partial charge in [0.05, 0.1) is 5.56 Å². The Kier molecular flexibility index (Phi) is 6.01. The zero-order valence-electron chi connectivity index (χ0n) is 14.1. The molecule has 1 aromatic carbocycles. The Morgan fingerprint density at radius 2 is 2.00 bits per heavy atom. The van der Waals surface area contributed by atoms with Crippen molar-refractivity contribution in [1.29, 1.82) is 0 Å². The van der Waals surface area contributed by atoms with Crippen LogP contribution in [0.15, 0.2) is 42.6 Å². The van der Waals surface area contributed by atoms with E-state index >= 15 is 0 Å². The van der Waals surface area contributed by atoms with Crippen molar-refractivity contribution in [2.75, 3.05) is 23.8 Å². The fraction of sp³-hybridized carbons (Fsp3) is 0.333. The molecule has 0 radical (unpaired) electrons. The van der Waals surface area contributed by atoms with E-state index in [1.165, 1.54) is 24.4 Å². The van der Waals surface area contributed by atoms with Crippen LogP contribution in [0.2, 0.25) is 0 Å².